The third kappa shape index (κ3) is 5.87. The van der Waals surface area contributed by atoms with Crippen LogP contribution in [0.15, 0.2) is 28.9 Å². The number of hydrogen-bond acceptors (Lipinski definition) is 6. The fourth-order valence-electron chi connectivity index (χ4n) is 4.33. The minimum atomic E-state index is -1.11. The summed E-state index contributed by atoms with van der Waals surface area (Å²) in [6.07, 6.45) is 0.444. The van der Waals surface area contributed by atoms with E-state index in [0.717, 1.165) is 11.0 Å². The van der Waals surface area contributed by atoms with Crippen molar-refractivity contribution in [3.63, 3.8) is 0 Å². The number of amides is 3. The lowest BCUT2D eigenvalue weighted by Crippen LogP contribution is -2.55. The molecule has 1 saturated heterocycles. The van der Waals surface area contributed by atoms with Crippen LogP contribution in [0.1, 0.15) is 48.3 Å². The van der Waals surface area contributed by atoms with Gasteiger partial charge >= 0.3 is 12.0 Å². The third-order valence-electron chi connectivity index (χ3n) is 6.11. The Morgan fingerprint density at radius 3 is 2.57 bits per heavy atom. The number of piperazine rings is 1. The number of benzene rings is 1. The Labute approximate surface area is 221 Å². The van der Waals surface area contributed by atoms with E-state index in [1.807, 2.05) is 13.8 Å². The first kappa shape index (κ1) is 28.0. The van der Waals surface area contributed by atoms with E-state index in [-0.39, 0.29) is 47.0 Å². The van der Waals surface area contributed by atoms with Gasteiger partial charge in [-0.05, 0) is 59.5 Å². The predicted molar refractivity (Wildman–Crippen MR) is 136 cm³/mol. The first-order valence-corrected chi connectivity index (χ1v) is 12.3. The fraction of sp³-hybridized carbons (Fsp3) is 0.417. The monoisotopic (exact) mass is 579 g/mol. The molecule has 1 aromatic heterocycles. The molecule has 0 spiro atoms. The van der Waals surface area contributed by atoms with Crippen molar-refractivity contribution < 1.29 is 28.8 Å². The number of aryl methyl sites for hydroxylation is 1. The minimum Gasteiger partial charge on any atom is -0.465 e. The van der Waals surface area contributed by atoms with Crippen LogP contribution in [-0.4, -0.2) is 74.9 Å². The van der Waals surface area contributed by atoms with Gasteiger partial charge in [0.25, 0.3) is 12.5 Å². The molecule has 2 aromatic rings. The van der Waals surface area contributed by atoms with Crippen LogP contribution in [0.3, 0.4) is 0 Å². The van der Waals surface area contributed by atoms with Crippen molar-refractivity contribution in [2.45, 2.75) is 39.7 Å². The van der Waals surface area contributed by atoms with Crippen LogP contribution in [0, 0.1) is 22.9 Å². The highest BCUT2D eigenvalue weighted by Crippen LogP contribution is 2.39. The summed E-state index contributed by atoms with van der Waals surface area (Å²) in [5.41, 5.74) is 1.10. The molecule has 0 bridgehead atoms. The Morgan fingerprint density at radius 1 is 1.32 bits per heavy atom. The van der Waals surface area contributed by atoms with Crippen LogP contribution in [-0.2, 0) is 4.79 Å². The third-order valence-corrected chi connectivity index (χ3v) is 6.72. The van der Waals surface area contributed by atoms with Crippen LogP contribution in [0.5, 0.6) is 0 Å². The van der Waals surface area contributed by atoms with Gasteiger partial charge in [0.15, 0.2) is 0 Å². The van der Waals surface area contributed by atoms with Crippen LogP contribution >= 0.6 is 15.9 Å². The van der Waals surface area contributed by atoms with E-state index < -0.39 is 41.2 Å². The maximum atomic E-state index is 14.8. The molecule has 3 amide bonds. The van der Waals surface area contributed by atoms with Crippen LogP contribution < -0.4 is 4.90 Å². The van der Waals surface area contributed by atoms with E-state index in [4.69, 9.17) is 0 Å². The van der Waals surface area contributed by atoms with E-state index >= 15 is 0 Å². The molecule has 13 heteroatoms. The maximum absolute atomic E-state index is 14.8. The largest absolute Gasteiger partial charge is 0.465 e. The normalized spacial score (nSPS) is 15.6. The van der Waals surface area contributed by atoms with Crippen molar-refractivity contribution in [1.29, 1.82) is 0 Å². The highest BCUT2D eigenvalue weighted by atomic mass is 79.9. The SMILES string of the molecule is Cc1ccnc(C(C)C)c1N(C(=O)C[N+](=O)[O-])c1cc(Br)c(F)cc1C(=O)N1CCN(C(=O)O)CC1C. The predicted octanol–water partition coefficient (Wildman–Crippen LogP) is 4.18. The molecule has 2 heterocycles. The van der Waals surface area contributed by atoms with Gasteiger partial charge in [0.2, 0.25) is 0 Å². The standard InChI is InChI=1S/C24H27BrFN5O6/c1-13(2)21-22(14(3)5-6-27-21)31(20(32)12-30(36)37)19-10-17(25)18(26)9-16(19)23(33)29-8-7-28(24(34)35)11-15(29)4/h5-6,9-10,13,15H,7-8,11-12H2,1-4H3,(H,34,35). The summed E-state index contributed by atoms with van der Waals surface area (Å²) in [6, 6.07) is 3.33. The highest BCUT2D eigenvalue weighted by molar-refractivity contribution is 9.10. The van der Waals surface area contributed by atoms with Gasteiger partial charge in [-0.15, -0.1) is 0 Å². The minimum absolute atomic E-state index is 0.0454. The molecule has 37 heavy (non-hydrogen) atoms. The van der Waals surface area contributed by atoms with Crippen molar-refractivity contribution in [3.8, 4) is 0 Å². The number of carboxylic acid groups (broad SMARTS) is 1. The topological polar surface area (TPSA) is 137 Å². The van der Waals surface area contributed by atoms with E-state index in [2.05, 4.69) is 20.9 Å². The summed E-state index contributed by atoms with van der Waals surface area (Å²) in [4.78, 5) is 57.1. The van der Waals surface area contributed by atoms with Gasteiger partial charge in [0, 0.05) is 36.8 Å². The second-order valence-electron chi connectivity index (χ2n) is 9.10. The zero-order chi connectivity index (χ0) is 27.6. The van der Waals surface area contributed by atoms with Gasteiger partial charge in [-0.1, -0.05) is 13.8 Å². The van der Waals surface area contributed by atoms with Crippen molar-refractivity contribution in [3.05, 3.63) is 61.6 Å². The first-order valence-electron chi connectivity index (χ1n) is 11.5. The summed E-state index contributed by atoms with van der Waals surface area (Å²) >= 11 is 3.11. The molecule has 1 fully saturated rings. The van der Waals surface area contributed by atoms with Crippen LogP contribution in [0.2, 0.25) is 0 Å². The lowest BCUT2D eigenvalue weighted by Gasteiger charge is -2.39. The molecule has 0 radical (unpaired) electrons. The van der Waals surface area contributed by atoms with E-state index in [1.165, 1.54) is 15.9 Å². The maximum Gasteiger partial charge on any atom is 0.407 e. The number of rotatable bonds is 6. The number of carbonyl (C=O) groups is 3. The number of nitrogens with zero attached hydrogens (tertiary/aromatic N) is 5. The van der Waals surface area contributed by atoms with Crippen molar-refractivity contribution in [2.75, 3.05) is 31.1 Å². The molecule has 1 aliphatic rings. The molecule has 0 saturated carbocycles. The average Bonchev–Trinajstić information content (AvgIpc) is 2.81. The lowest BCUT2D eigenvalue weighted by atomic mass is 10.0. The molecule has 1 aliphatic heterocycles. The number of hydrogen-bond donors (Lipinski definition) is 1. The smallest absolute Gasteiger partial charge is 0.407 e. The van der Waals surface area contributed by atoms with Gasteiger partial charge in [-0.3, -0.25) is 29.6 Å². The Balaban J connectivity index is 2.23. The zero-order valence-corrected chi connectivity index (χ0v) is 22.4. The number of aromatic nitrogens is 1. The van der Waals surface area contributed by atoms with Crippen molar-refractivity contribution in [1.82, 2.24) is 14.8 Å². The van der Waals surface area contributed by atoms with Crippen LogP contribution in [0.4, 0.5) is 20.6 Å². The van der Waals surface area contributed by atoms with Crippen molar-refractivity contribution in [2.24, 2.45) is 0 Å². The molecular formula is C24H27BrFN5O6. The van der Waals surface area contributed by atoms with Gasteiger partial charge in [-0.2, -0.15) is 0 Å². The summed E-state index contributed by atoms with van der Waals surface area (Å²) < 4.78 is 14.7. The van der Waals surface area contributed by atoms with Gasteiger partial charge < -0.3 is 14.9 Å². The quantitative estimate of drug-likeness (QED) is 0.400. The van der Waals surface area contributed by atoms with Gasteiger partial charge in [-0.25, -0.2) is 9.18 Å². The second kappa shape index (κ2) is 11.2. The van der Waals surface area contributed by atoms with E-state index in [0.29, 0.717) is 11.3 Å². The molecule has 11 nitrogen and oxygen atoms in total. The molecule has 1 atom stereocenters. The summed E-state index contributed by atoms with van der Waals surface area (Å²) in [7, 11) is 0. The molecule has 1 aromatic carbocycles. The molecule has 198 valence electrons. The Bertz CT molecular complexity index is 1260. The molecule has 0 aliphatic carbocycles. The second-order valence-corrected chi connectivity index (χ2v) is 9.95. The fourth-order valence-corrected chi connectivity index (χ4v) is 4.66. The average molecular weight is 580 g/mol. The Hall–Kier alpha value is -3.61. The van der Waals surface area contributed by atoms with Crippen molar-refractivity contribution >= 4 is 45.2 Å². The molecule has 3 rings (SSSR count). The van der Waals surface area contributed by atoms with Crippen LogP contribution in [0.25, 0.3) is 0 Å². The number of halogens is 2. The zero-order valence-electron chi connectivity index (χ0n) is 20.8. The summed E-state index contributed by atoms with van der Waals surface area (Å²) in [6.45, 7) is 6.16. The first-order chi connectivity index (χ1) is 17.3. The number of pyridine rings is 1. The highest BCUT2D eigenvalue weighted by Gasteiger charge is 2.35. The Kier molecular flexibility index (Phi) is 8.46. The van der Waals surface area contributed by atoms with Gasteiger partial charge in [0.1, 0.15) is 5.82 Å². The summed E-state index contributed by atoms with van der Waals surface area (Å²) in [5.74, 6) is -2.52. The number of nitro groups is 1. The lowest BCUT2D eigenvalue weighted by molar-refractivity contribution is -0.467. The molecule has 1 unspecified atom stereocenters. The van der Waals surface area contributed by atoms with E-state index in [1.54, 1.807) is 26.1 Å². The molecular weight excluding hydrogens is 553 g/mol. The van der Waals surface area contributed by atoms with E-state index in [9.17, 15) is 34.0 Å². The summed E-state index contributed by atoms with van der Waals surface area (Å²) in [5, 5.41) is 20.6. The van der Waals surface area contributed by atoms with Gasteiger partial charge in [0.05, 0.1) is 27.1 Å². The number of carbonyl (C=O) groups excluding carboxylic acids is 2. The molecule has 1 N–H and O–H groups in total. The number of anilines is 2. The Morgan fingerprint density at radius 2 is 2.00 bits per heavy atom.